The maximum absolute atomic E-state index is 12.5. The molecule has 0 radical (unpaired) electrons. The van der Waals surface area contributed by atoms with Gasteiger partial charge in [-0.1, -0.05) is 0 Å². The van der Waals surface area contributed by atoms with Gasteiger partial charge < -0.3 is 14.8 Å². The topological polar surface area (TPSA) is 84.9 Å². The Balaban J connectivity index is 1.51. The molecule has 1 saturated heterocycles. The molecule has 2 aliphatic rings. The third kappa shape index (κ3) is 4.97. The fraction of sp³-hybridized carbons (Fsp3) is 0.650. The molecule has 1 aromatic carbocycles. The second kappa shape index (κ2) is 9.13. The fourth-order valence-corrected chi connectivity index (χ4v) is 5.35. The second-order valence-electron chi connectivity index (χ2n) is 7.32. The fourth-order valence-electron chi connectivity index (χ4n) is 3.48. The molecule has 0 atom stereocenters. The monoisotopic (exact) mass is 410 g/mol. The van der Waals surface area contributed by atoms with Crippen LogP contribution in [0.1, 0.15) is 49.9 Å². The number of rotatable bonds is 9. The highest BCUT2D eigenvalue weighted by atomic mass is 32.2. The van der Waals surface area contributed by atoms with E-state index < -0.39 is 10.0 Å². The molecule has 0 aromatic heterocycles. The van der Waals surface area contributed by atoms with Gasteiger partial charge in [-0.05, 0) is 63.6 Å². The summed E-state index contributed by atoms with van der Waals surface area (Å²) in [4.78, 5) is 12.5. The molecule has 1 aromatic rings. The van der Waals surface area contributed by atoms with E-state index in [1.807, 2.05) is 13.8 Å². The van der Waals surface area contributed by atoms with E-state index >= 15 is 0 Å². The van der Waals surface area contributed by atoms with Crippen LogP contribution >= 0.6 is 0 Å². The zero-order chi connectivity index (χ0) is 20.1. The summed E-state index contributed by atoms with van der Waals surface area (Å²) < 4.78 is 37.3. The molecule has 2 fully saturated rings. The third-order valence-electron chi connectivity index (χ3n) is 5.24. The summed E-state index contributed by atoms with van der Waals surface area (Å²) in [6.07, 6.45) is 3.15. The maximum atomic E-state index is 12.5. The van der Waals surface area contributed by atoms with Crippen LogP contribution in [0, 0.1) is 5.92 Å². The number of hydrogen-bond donors (Lipinski definition) is 1. The highest BCUT2D eigenvalue weighted by Gasteiger charge is 2.41. The molecule has 0 spiro atoms. The highest BCUT2D eigenvalue weighted by molar-refractivity contribution is 7.90. The molecule has 28 heavy (non-hydrogen) atoms. The van der Waals surface area contributed by atoms with E-state index in [0.29, 0.717) is 55.8 Å². The normalized spacial score (nSPS) is 18.6. The second-order valence-corrected chi connectivity index (χ2v) is 9.54. The van der Waals surface area contributed by atoms with Crippen molar-refractivity contribution in [2.45, 2.75) is 44.8 Å². The molecule has 1 saturated carbocycles. The highest BCUT2D eigenvalue weighted by Crippen LogP contribution is 2.33. The number of nitrogens with one attached hydrogen (secondary N) is 1. The Morgan fingerprint density at radius 1 is 1.07 bits per heavy atom. The molecule has 7 nitrogen and oxygen atoms in total. The predicted octanol–water partition coefficient (Wildman–Crippen LogP) is 2.42. The van der Waals surface area contributed by atoms with Crippen LogP contribution in [0.3, 0.4) is 0 Å². The first-order valence-corrected chi connectivity index (χ1v) is 11.6. The molecule has 8 heteroatoms. The zero-order valence-electron chi connectivity index (χ0n) is 16.6. The largest absolute Gasteiger partial charge is 0.490 e. The van der Waals surface area contributed by atoms with Crippen molar-refractivity contribution in [2.24, 2.45) is 5.92 Å². The molecule has 0 unspecified atom stereocenters. The zero-order valence-corrected chi connectivity index (χ0v) is 17.5. The minimum absolute atomic E-state index is 0.150. The number of benzene rings is 1. The van der Waals surface area contributed by atoms with E-state index in [4.69, 9.17) is 9.47 Å². The average molecular weight is 411 g/mol. The Hall–Kier alpha value is -1.80. The molecule has 1 aliphatic carbocycles. The van der Waals surface area contributed by atoms with Gasteiger partial charge in [0.1, 0.15) is 0 Å². The van der Waals surface area contributed by atoms with E-state index in [9.17, 15) is 13.2 Å². The minimum atomic E-state index is -3.09. The molecule has 0 bridgehead atoms. The predicted molar refractivity (Wildman–Crippen MR) is 107 cm³/mol. The summed E-state index contributed by atoms with van der Waals surface area (Å²) >= 11 is 0. The summed E-state index contributed by atoms with van der Waals surface area (Å²) in [7, 11) is -3.09. The van der Waals surface area contributed by atoms with Crippen molar-refractivity contribution in [3.05, 3.63) is 23.8 Å². The quantitative estimate of drug-likeness (QED) is 0.676. The van der Waals surface area contributed by atoms with Crippen LogP contribution in [0.25, 0.3) is 0 Å². The minimum Gasteiger partial charge on any atom is -0.490 e. The number of ether oxygens (including phenoxy) is 2. The van der Waals surface area contributed by atoms with Gasteiger partial charge in [-0.2, -0.15) is 0 Å². The van der Waals surface area contributed by atoms with E-state index in [0.717, 1.165) is 25.7 Å². The number of hydrogen-bond acceptors (Lipinski definition) is 5. The lowest BCUT2D eigenvalue weighted by Gasteiger charge is -2.31. The summed E-state index contributed by atoms with van der Waals surface area (Å²) in [5.74, 6) is 1.33. The van der Waals surface area contributed by atoms with Crippen molar-refractivity contribution >= 4 is 15.9 Å². The van der Waals surface area contributed by atoms with Crippen molar-refractivity contribution in [3.63, 3.8) is 0 Å². The number of amides is 1. The molecule has 156 valence electrons. The first-order valence-electron chi connectivity index (χ1n) is 10.1. The Kier molecular flexibility index (Phi) is 6.82. The van der Waals surface area contributed by atoms with Gasteiger partial charge in [0.05, 0.1) is 18.5 Å². The van der Waals surface area contributed by atoms with Crippen LogP contribution in [-0.2, 0) is 10.0 Å². The van der Waals surface area contributed by atoms with Crippen LogP contribution in [0.5, 0.6) is 11.5 Å². The van der Waals surface area contributed by atoms with Crippen molar-refractivity contribution in [1.82, 2.24) is 9.62 Å². The SMILES string of the molecule is CCOc1ccc(C(=O)NCC2CCN(S(=O)(=O)C3CC3)CC2)cc1OCC. The molecule has 3 rings (SSSR count). The third-order valence-corrected chi connectivity index (χ3v) is 7.63. The Labute approximate surface area is 167 Å². The van der Waals surface area contributed by atoms with Crippen molar-refractivity contribution in [2.75, 3.05) is 32.8 Å². The summed E-state index contributed by atoms with van der Waals surface area (Å²) in [5.41, 5.74) is 0.528. The molecular formula is C20H30N2O5S. The molecule has 1 aliphatic heterocycles. The van der Waals surface area contributed by atoms with Gasteiger partial charge >= 0.3 is 0 Å². The van der Waals surface area contributed by atoms with Gasteiger partial charge in [0, 0.05) is 25.2 Å². The number of sulfonamides is 1. The average Bonchev–Trinajstić information content (AvgIpc) is 3.54. The molecule has 1 amide bonds. The summed E-state index contributed by atoms with van der Waals surface area (Å²) in [5, 5.41) is 2.82. The molecule has 1 N–H and O–H groups in total. The van der Waals surface area contributed by atoms with Gasteiger partial charge in [0.15, 0.2) is 11.5 Å². The first-order chi connectivity index (χ1) is 13.5. The summed E-state index contributed by atoms with van der Waals surface area (Å²) in [6.45, 7) is 6.46. The van der Waals surface area contributed by atoms with Crippen molar-refractivity contribution in [1.29, 1.82) is 0 Å². The Morgan fingerprint density at radius 3 is 2.32 bits per heavy atom. The first kappa shape index (κ1) is 20.9. The van der Waals surface area contributed by atoms with E-state index in [1.165, 1.54) is 0 Å². The summed E-state index contributed by atoms with van der Waals surface area (Å²) in [6, 6.07) is 5.19. The lowest BCUT2D eigenvalue weighted by molar-refractivity contribution is 0.0941. The lowest BCUT2D eigenvalue weighted by atomic mass is 9.98. The van der Waals surface area contributed by atoms with Gasteiger partial charge in [-0.3, -0.25) is 4.79 Å². The van der Waals surface area contributed by atoms with Crippen LogP contribution < -0.4 is 14.8 Å². The van der Waals surface area contributed by atoms with Crippen LogP contribution in [0.4, 0.5) is 0 Å². The standard InChI is InChI=1S/C20H30N2O5S/c1-3-26-18-8-5-16(13-19(18)27-4-2)20(23)21-14-15-9-11-22(12-10-15)28(24,25)17-6-7-17/h5,8,13,15,17H,3-4,6-7,9-12,14H2,1-2H3,(H,21,23). The smallest absolute Gasteiger partial charge is 0.251 e. The number of carbonyl (C=O) groups excluding carboxylic acids is 1. The maximum Gasteiger partial charge on any atom is 0.251 e. The number of piperidine rings is 1. The number of nitrogens with zero attached hydrogens (tertiary/aromatic N) is 1. The van der Waals surface area contributed by atoms with Crippen LogP contribution in [0.15, 0.2) is 18.2 Å². The van der Waals surface area contributed by atoms with Gasteiger partial charge in [-0.25, -0.2) is 12.7 Å². The molecular weight excluding hydrogens is 380 g/mol. The van der Waals surface area contributed by atoms with Crippen LogP contribution in [0.2, 0.25) is 0 Å². The van der Waals surface area contributed by atoms with Crippen molar-refractivity contribution in [3.8, 4) is 11.5 Å². The van der Waals surface area contributed by atoms with E-state index in [2.05, 4.69) is 5.32 Å². The number of carbonyl (C=O) groups is 1. The van der Waals surface area contributed by atoms with Gasteiger partial charge in [0.2, 0.25) is 10.0 Å². The van der Waals surface area contributed by atoms with E-state index in [1.54, 1.807) is 22.5 Å². The van der Waals surface area contributed by atoms with Crippen molar-refractivity contribution < 1.29 is 22.7 Å². The van der Waals surface area contributed by atoms with Gasteiger partial charge in [-0.15, -0.1) is 0 Å². The Morgan fingerprint density at radius 2 is 1.71 bits per heavy atom. The van der Waals surface area contributed by atoms with E-state index in [-0.39, 0.29) is 11.2 Å². The lowest BCUT2D eigenvalue weighted by Crippen LogP contribution is -2.42. The Bertz CT molecular complexity index is 784. The molecule has 1 heterocycles. The van der Waals surface area contributed by atoms with Crippen LogP contribution in [-0.4, -0.2) is 56.7 Å². The van der Waals surface area contributed by atoms with Gasteiger partial charge in [0.25, 0.3) is 5.91 Å².